The molecular formula is C16H25ClN2O4S. The SMILES string of the molecule is CC1(C)CCCNC1CNS(=O)(=O)c1ccc2c(c1)OCCO2.Cl. The Morgan fingerprint density at radius 2 is 1.96 bits per heavy atom. The lowest BCUT2D eigenvalue weighted by Gasteiger charge is -2.39. The molecule has 1 fully saturated rings. The molecule has 1 saturated heterocycles. The second kappa shape index (κ2) is 7.47. The van der Waals surface area contributed by atoms with Crippen molar-refractivity contribution < 1.29 is 17.9 Å². The van der Waals surface area contributed by atoms with Crippen LogP contribution in [0.25, 0.3) is 0 Å². The van der Waals surface area contributed by atoms with E-state index in [9.17, 15) is 8.42 Å². The smallest absolute Gasteiger partial charge is 0.240 e. The summed E-state index contributed by atoms with van der Waals surface area (Å²) < 4.78 is 38.7. The first kappa shape index (κ1) is 19.3. The normalized spacial score (nSPS) is 22.5. The van der Waals surface area contributed by atoms with Gasteiger partial charge >= 0.3 is 0 Å². The summed E-state index contributed by atoms with van der Waals surface area (Å²) in [6.07, 6.45) is 2.22. The summed E-state index contributed by atoms with van der Waals surface area (Å²) in [6.45, 7) is 6.57. The summed E-state index contributed by atoms with van der Waals surface area (Å²) in [4.78, 5) is 0.204. The molecule has 2 aliphatic rings. The number of sulfonamides is 1. The molecule has 0 aromatic heterocycles. The van der Waals surface area contributed by atoms with Gasteiger partial charge in [-0.2, -0.15) is 0 Å². The number of hydrogen-bond donors (Lipinski definition) is 2. The molecule has 1 aromatic carbocycles. The van der Waals surface area contributed by atoms with Crippen LogP contribution < -0.4 is 19.5 Å². The molecule has 136 valence electrons. The largest absolute Gasteiger partial charge is 0.486 e. The highest BCUT2D eigenvalue weighted by Gasteiger charge is 2.33. The van der Waals surface area contributed by atoms with Crippen molar-refractivity contribution in [2.45, 2.75) is 37.6 Å². The lowest BCUT2D eigenvalue weighted by molar-refractivity contribution is 0.171. The van der Waals surface area contributed by atoms with E-state index in [-0.39, 0.29) is 28.8 Å². The van der Waals surface area contributed by atoms with Crippen molar-refractivity contribution in [1.82, 2.24) is 10.0 Å². The molecule has 24 heavy (non-hydrogen) atoms. The molecule has 0 spiro atoms. The van der Waals surface area contributed by atoms with E-state index in [2.05, 4.69) is 23.9 Å². The molecule has 0 saturated carbocycles. The zero-order chi connectivity index (χ0) is 16.5. The lowest BCUT2D eigenvalue weighted by atomic mass is 9.78. The molecule has 2 N–H and O–H groups in total. The second-order valence-corrected chi connectivity index (χ2v) is 8.52. The van der Waals surface area contributed by atoms with E-state index in [1.807, 2.05) is 0 Å². The Morgan fingerprint density at radius 3 is 2.67 bits per heavy atom. The Balaban J connectivity index is 0.00000208. The number of piperidine rings is 1. The van der Waals surface area contributed by atoms with Gasteiger partial charge in [-0.15, -0.1) is 12.4 Å². The molecule has 1 aromatic rings. The second-order valence-electron chi connectivity index (χ2n) is 6.76. The Morgan fingerprint density at radius 1 is 1.25 bits per heavy atom. The number of halogens is 1. The maximum atomic E-state index is 12.5. The van der Waals surface area contributed by atoms with Crippen molar-refractivity contribution >= 4 is 22.4 Å². The Bertz CT molecular complexity index is 679. The van der Waals surface area contributed by atoms with Crippen LogP contribution in [-0.2, 0) is 10.0 Å². The molecule has 0 bridgehead atoms. The highest BCUT2D eigenvalue weighted by atomic mass is 35.5. The maximum Gasteiger partial charge on any atom is 0.240 e. The Kier molecular flexibility index (Phi) is 6.01. The molecule has 6 nitrogen and oxygen atoms in total. The molecule has 1 atom stereocenters. The van der Waals surface area contributed by atoms with E-state index in [1.54, 1.807) is 12.1 Å². The van der Waals surface area contributed by atoms with Gasteiger partial charge in [0.05, 0.1) is 4.90 Å². The molecule has 0 aliphatic carbocycles. The van der Waals surface area contributed by atoms with Crippen molar-refractivity contribution in [2.75, 3.05) is 26.3 Å². The fourth-order valence-electron chi connectivity index (χ4n) is 3.09. The van der Waals surface area contributed by atoms with Crippen LogP contribution in [0, 0.1) is 5.41 Å². The number of rotatable bonds is 4. The summed E-state index contributed by atoms with van der Waals surface area (Å²) >= 11 is 0. The van der Waals surface area contributed by atoms with Crippen LogP contribution in [0.4, 0.5) is 0 Å². The summed E-state index contributed by atoms with van der Waals surface area (Å²) in [5.41, 5.74) is 0.0770. The van der Waals surface area contributed by atoms with Crippen molar-refractivity contribution in [3.05, 3.63) is 18.2 Å². The first-order valence-corrected chi connectivity index (χ1v) is 9.49. The van der Waals surface area contributed by atoms with Crippen molar-refractivity contribution in [3.63, 3.8) is 0 Å². The summed E-state index contributed by atoms with van der Waals surface area (Å²) in [6, 6.07) is 4.85. The van der Waals surface area contributed by atoms with Crippen LogP contribution in [0.5, 0.6) is 11.5 Å². The molecule has 2 heterocycles. The average molecular weight is 377 g/mol. The van der Waals surface area contributed by atoms with E-state index in [0.29, 0.717) is 31.3 Å². The van der Waals surface area contributed by atoms with Gasteiger partial charge in [-0.05, 0) is 36.9 Å². The van der Waals surface area contributed by atoms with E-state index >= 15 is 0 Å². The zero-order valence-electron chi connectivity index (χ0n) is 14.0. The van der Waals surface area contributed by atoms with E-state index < -0.39 is 10.0 Å². The number of benzene rings is 1. The van der Waals surface area contributed by atoms with Gasteiger partial charge in [0, 0.05) is 18.7 Å². The van der Waals surface area contributed by atoms with Gasteiger partial charge in [0.15, 0.2) is 11.5 Å². The monoisotopic (exact) mass is 376 g/mol. The molecule has 0 amide bonds. The summed E-state index contributed by atoms with van der Waals surface area (Å²) in [7, 11) is -3.57. The van der Waals surface area contributed by atoms with Gasteiger partial charge in [0.1, 0.15) is 13.2 Å². The van der Waals surface area contributed by atoms with Gasteiger partial charge < -0.3 is 14.8 Å². The number of nitrogens with one attached hydrogen (secondary N) is 2. The zero-order valence-corrected chi connectivity index (χ0v) is 15.6. The van der Waals surface area contributed by atoms with Crippen molar-refractivity contribution in [1.29, 1.82) is 0 Å². The third-order valence-corrected chi connectivity index (χ3v) is 6.05. The Hall–Kier alpha value is -1.02. The number of fused-ring (bicyclic) bond motifs is 1. The maximum absolute atomic E-state index is 12.5. The van der Waals surface area contributed by atoms with Gasteiger partial charge in [-0.1, -0.05) is 13.8 Å². The third-order valence-electron chi connectivity index (χ3n) is 4.63. The minimum Gasteiger partial charge on any atom is -0.486 e. The van der Waals surface area contributed by atoms with Gasteiger partial charge in [-0.3, -0.25) is 0 Å². The summed E-state index contributed by atoms with van der Waals surface area (Å²) in [5.74, 6) is 1.07. The molecule has 0 radical (unpaired) electrons. The molecule has 3 rings (SSSR count). The number of ether oxygens (including phenoxy) is 2. The molecular weight excluding hydrogens is 352 g/mol. The van der Waals surface area contributed by atoms with E-state index in [1.165, 1.54) is 6.07 Å². The molecule has 1 unspecified atom stereocenters. The highest BCUT2D eigenvalue weighted by molar-refractivity contribution is 7.89. The van der Waals surface area contributed by atoms with Gasteiger partial charge in [0.25, 0.3) is 0 Å². The standard InChI is InChI=1S/C16H24N2O4S.ClH/c1-16(2)6-3-7-17-15(16)11-18-23(19,20)12-4-5-13-14(10-12)22-9-8-21-13;/h4-5,10,15,17-18H,3,6-9,11H2,1-2H3;1H. The lowest BCUT2D eigenvalue weighted by Crippen LogP contribution is -2.52. The first-order valence-electron chi connectivity index (χ1n) is 8.01. The van der Waals surface area contributed by atoms with Crippen LogP contribution >= 0.6 is 12.4 Å². The number of hydrogen-bond acceptors (Lipinski definition) is 5. The predicted octanol–water partition coefficient (Wildman–Crippen LogP) is 1.94. The summed E-state index contributed by atoms with van der Waals surface area (Å²) in [5, 5.41) is 3.41. The third kappa shape index (κ3) is 4.14. The minimum atomic E-state index is -3.57. The van der Waals surface area contributed by atoms with Gasteiger partial charge in [0.2, 0.25) is 10.0 Å². The average Bonchev–Trinajstić information content (AvgIpc) is 2.53. The topological polar surface area (TPSA) is 76.7 Å². The van der Waals surface area contributed by atoms with Gasteiger partial charge in [-0.25, -0.2) is 13.1 Å². The van der Waals surface area contributed by atoms with Crippen LogP contribution in [0.15, 0.2) is 23.1 Å². The van der Waals surface area contributed by atoms with E-state index in [4.69, 9.17) is 9.47 Å². The van der Waals surface area contributed by atoms with E-state index in [0.717, 1.165) is 19.4 Å². The molecule has 8 heteroatoms. The van der Waals surface area contributed by atoms with Crippen molar-refractivity contribution in [2.24, 2.45) is 5.41 Å². The quantitative estimate of drug-likeness (QED) is 0.839. The molecule has 2 aliphatic heterocycles. The van der Waals surface area contributed by atoms with Crippen molar-refractivity contribution in [3.8, 4) is 11.5 Å². The fraction of sp³-hybridized carbons (Fsp3) is 0.625. The van der Waals surface area contributed by atoms with Crippen LogP contribution in [0.1, 0.15) is 26.7 Å². The van der Waals surface area contributed by atoms with Crippen LogP contribution in [-0.4, -0.2) is 40.8 Å². The van der Waals surface area contributed by atoms with Crippen LogP contribution in [0.2, 0.25) is 0 Å². The predicted molar refractivity (Wildman–Crippen MR) is 94.7 cm³/mol. The highest BCUT2D eigenvalue weighted by Crippen LogP contribution is 2.33. The minimum absolute atomic E-state index is 0. The Labute approximate surface area is 149 Å². The first-order chi connectivity index (χ1) is 10.9. The van der Waals surface area contributed by atoms with Crippen LogP contribution in [0.3, 0.4) is 0 Å². The fourth-order valence-corrected chi connectivity index (χ4v) is 4.15.